The summed E-state index contributed by atoms with van der Waals surface area (Å²) in [4.78, 5) is 5.23. The molecule has 0 aliphatic carbocycles. The van der Waals surface area contributed by atoms with Crippen LogP contribution in [0.2, 0.25) is 5.02 Å². The van der Waals surface area contributed by atoms with Crippen molar-refractivity contribution < 1.29 is 0 Å². The molecule has 9 aromatic carbocycles. The van der Waals surface area contributed by atoms with Gasteiger partial charge >= 0.3 is 0 Å². The Morgan fingerprint density at radius 1 is 0.329 bits per heavy atom. The fraction of sp³-hybridized carbons (Fsp3) is 0.194. The zero-order valence-electron chi connectivity index (χ0n) is 41.9. The van der Waals surface area contributed by atoms with E-state index in [-0.39, 0.29) is 22.2 Å². The largest absolute Gasteiger partial charge is 0.309 e. The van der Waals surface area contributed by atoms with E-state index in [4.69, 9.17) is 11.6 Å². The number of benzene rings is 9. The van der Waals surface area contributed by atoms with Crippen LogP contribution >= 0.6 is 11.6 Å². The van der Waals surface area contributed by atoms with Crippen LogP contribution in [-0.4, -0.2) is 0 Å². The minimum atomic E-state index is -0.217. The zero-order valence-corrected chi connectivity index (χ0v) is 42.7. The van der Waals surface area contributed by atoms with Gasteiger partial charge in [0.25, 0.3) is 0 Å². The highest BCUT2D eigenvalue weighted by atomic mass is 35.5. The number of hydrogen-bond donors (Lipinski definition) is 0. The third kappa shape index (κ3) is 7.84. The molecule has 3 heteroatoms. The molecule has 0 bridgehead atoms. The highest BCUT2D eigenvalue weighted by molar-refractivity contribution is 6.31. The molecule has 0 fully saturated rings. The smallest absolute Gasteiger partial charge is 0.0618 e. The van der Waals surface area contributed by atoms with Gasteiger partial charge in [-0.25, -0.2) is 0 Å². The molecule has 0 radical (unpaired) electrons. The van der Waals surface area contributed by atoms with Gasteiger partial charge in [-0.15, -0.1) is 0 Å². The standard InChI is InChI=1S/C67H61ClN2/c1-65(2,3)47-36-53(43-24-14-10-15-25-43)63(54(37-47)44-26-16-11-17-27-44)69-57-33-23-22-32-51(57)61-52-35-34-50(68)42-58(52)70(60-41-49(67(7,8)9)40-59(69)62(60)61)64-55(45-28-18-12-19-29-45)38-48(66(4,5)6)39-56(64)46-30-20-13-21-31-46/h10-42,61H,1-9H3. The van der Waals surface area contributed by atoms with Crippen LogP contribution in [0.5, 0.6) is 0 Å². The number of para-hydroxylation sites is 1. The third-order valence-corrected chi connectivity index (χ3v) is 14.8. The second kappa shape index (κ2) is 17.1. The van der Waals surface area contributed by atoms with Gasteiger partial charge in [0.1, 0.15) is 0 Å². The highest BCUT2D eigenvalue weighted by Gasteiger charge is 2.44. The lowest BCUT2D eigenvalue weighted by Crippen LogP contribution is -2.31. The second-order valence-corrected chi connectivity index (χ2v) is 22.8. The Morgan fingerprint density at radius 2 is 0.657 bits per heavy atom. The summed E-state index contributed by atoms with van der Waals surface area (Å²) in [5.41, 5.74) is 23.5. The molecule has 2 nitrogen and oxygen atoms in total. The van der Waals surface area contributed by atoms with Crippen LogP contribution in [0.3, 0.4) is 0 Å². The summed E-state index contributed by atoms with van der Waals surface area (Å²) in [5.74, 6) is -0.0848. The number of hydrogen-bond acceptors (Lipinski definition) is 2. The Balaban J connectivity index is 1.33. The number of nitrogens with zero attached hydrogens (tertiary/aromatic N) is 2. The molecule has 346 valence electrons. The van der Waals surface area contributed by atoms with E-state index >= 15 is 0 Å². The number of anilines is 6. The van der Waals surface area contributed by atoms with Crippen molar-refractivity contribution in [3.63, 3.8) is 0 Å². The molecule has 1 atom stereocenters. The topological polar surface area (TPSA) is 6.48 Å². The molecule has 0 aromatic heterocycles. The van der Waals surface area contributed by atoms with Gasteiger partial charge in [-0.1, -0.05) is 220 Å². The van der Waals surface area contributed by atoms with E-state index < -0.39 is 0 Å². The number of halogens is 1. The van der Waals surface area contributed by atoms with Crippen LogP contribution in [0.15, 0.2) is 200 Å². The first kappa shape index (κ1) is 45.3. The van der Waals surface area contributed by atoms with Crippen molar-refractivity contribution in [2.75, 3.05) is 9.80 Å². The molecule has 0 amide bonds. The summed E-state index contributed by atoms with van der Waals surface area (Å²) in [6.45, 7) is 21.0. The zero-order chi connectivity index (χ0) is 48.7. The fourth-order valence-corrected chi connectivity index (χ4v) is 11.0. The number of rotatable bonds is 6. The van der Waals surface area contributed by atoms with E-state index in [0.717, 1.165) is 17.1 Å². The first-order chi connectivity index (χ1) is 33.6. The molecular weight excluding hydrogens is 868 g/mol. The molecule has 0 N–H and O–H groups in total. The fourth-order valence-electron chi connectivity index (χ4n) is 10.8. The van der Waals surface area contributed by atoms with Crippen LogP contribution in [0.25, 0.3) is 44.5 Å². The Kier molecular flexibility index (Phi) is 11.1. The van der Waals surface area contributed by atoms with E-state index in [1.165, 1.54) is 95.0 Å². The van der Waals surface area contributed by atoms with Crippen molar-refractivity contribution in [2.45, 2.75) is 84.5 Å². The Hall–Kier alpha value is -7.13. The van der Waals surface area contributed by atoms with Crippen LogP contribution < -0.4 is 9.80 Å². The lowest BCUT2D eigenvalue weighted by molar-refractivity contribution is 0.589. The van der Waals surface area contributed by atoms with Gasteiger partial charge in [-0.2, -0.15) is 0 Å². The van der Waals surface area contributed by atoms with Crippen LogP contribution in [0.4, 0.5) is 34.1 Å². The van der Waals surface area contributed by atoms with Gasteiger partial charge in [0.05, 0.1) is 34.1 Å². The molecule has 1 unspecified atom stereocenters. The van der Waals surface area contributed by atoms with E-state index in [9.17, 15) is 0 Å². The lowest BCUT2D eigenvalue weighted by Gasteiger charge is -2.47. The third-order valence-electron chi connectivity index (χ3n) is 14.5. The van der Waals surface area contributed by atoms with Crippen molar-refractivity contribution in [3.8, 4) is 44.5 Å². The van der Waals surface area contributed by atoms with E-state index in [2.05, 4.69) is 272 Å². The second-order valence-electron chi connectivity index (χ2n) is 22.3. The molecule has 9 aromatic rings. The van der Waals surface area contributed by atoms with Gasteiger partial charge in [-0.05, 0) is 121 Å². The van der Waals surface area contributed by atoms with Crippen LogP contribution in [-0.2, 0) is 16.2 Å². The Labute approximate surface area is 420 Å². The Bertz CT molecular complexity index is 3300. The summed E-state index contributed by atoms with van der Waals surface area (Å²) < 4.78 is 0. The first-order valence-corrected chi connectivity index (χ1v) is 25.2. The first-order valence-electron chi connectivity index (χ1n) is 24.8. The van der Waals surface area contributed by atoms with Gasteiger partial charge in [0.15, 0.2) is 0 Å². The predicted octanol–water partition coefficient (Wildman–Crippen LogP) is 19.6. The summed E-state index contributed by atoms with van der Waals surface area (Å²) in [6, 6.07) is 74.6. The summed E-state index contributed by atoms with van der Waals surface area (Å²) in [5, 5.41) is 0.706. The van der Waals surface area contributed by atoms with E-state index in [1.807, 2.05) is 0 Å². The molecular formula is C67H61ClN2. The van der Waals surface area contributed by atoms with Crippen molar-refractivity contribution in [1.29, 1.82) is 0 Å². The molecule has 2 aliphatic rings. The predicted molar refractivity (Wildman–Crippen MR) is 300 cm³/mol. The molecule has 0 saturated heterocycles. The average molecular weight is 930 g/mol. The van der Waals surface area contributed by atoms with Crippen molar-refractivity contribution in [2.24, 2.45) is 0 Å². The van der Waals surface area contributed by atoms with Crippen molar-refractivity contribution in [3.05, 3.63) is 239 Å². The molecule has 0 saturated carbocycles. The van der Waals surface area contributed by atoms with Gasteiger partial charge < -0.3 is 9.80 Å². The van der Waals surface area contributed by atoms with Gasteiger partial charge in [-0.3, -0.25) is 0 Å². The van der Waals surface area contributed by atoms with Crippen molar-refractivity contribution in [1.82, 2.24) is 0 Å². The van der Waals surface area contributed by atoms with Gasteiger partial charge in [0.2, 0.25) is 0 Å². The SMILES string of the molecule is CC(C)(C)c1cc(-c2ccccc2)c(N2c3ccccc3C3c4ccc(Cl)cc4N(c4c(-c5ccccc5)cc(C(C)(C)C)cc4-c4ccccc4)c4cc(C(C)(C)C)cc2c43)c(-c2ccccc2)c1. The monoisotopic (exact) mass is 928 g/mol. The quantitative estimate of drug-likeness (QED) is 0.164. The minimum Gasteiger partial charge on any atom is -0.309 e. The van der Waals surface area contributed by atoms with E-state index in [0.29, 0.717) is 5.02 Å². The number of fused-ring (bicyclic) bond motifs is 4. The molecule has 0 spiro atoms. The molecule has 70 heavy (non-hydrogen) atoms. The van der Waals surface area contributed by atoms with Crippen molar-refractivity contribution >= 4 is 45.7 Å². The molecule has 2 aliphatic heterocycles. The maximum Gasteiger partial charge on any atom is 0.0618 e. The lowest BCUT2D eigenvalue weighted by atomic mass is 9.73. The van der Waals surface area contributed by atoms with E-state index in [1.54, 1.807) is 0 Å². The van der Waals surface area contributed by atoms with Gasteiger partial charge in [0, 0.05) is 38.8 Å². The molecule has 2 heterocycles. The Morgan fingerprint density at radius 3 is 1.04 bits per heavy atom. The highest BCUT2D eigenvalue weighted by Crippen LogP contribution is 2.64. The maximum absolute atomic E-state index is 7.26. The average Bonchev–Trinajstić information content (AvgIpc) is 3.35. The minimum absolute atomic E-state index is 0.0848. The van der Waals surface area contributed by atoms with Crippen LogP contribution in [0.1, 0.15) is 102 Å². The summed E-state index contributed by atoms with van der Waals surface area (Å²) in [6.07, 6.45) is 0. The maximum atomic E-state index is 7.26. The summed E-state index contributed by atoms with van der Waals surface area (Å²) >= 11 is 7.26. The summed E-state index contributed by atoms with van der Waals surface area (Å²) in [7, 11) is 0. The normalized spacial score (nSPS) is 14.2. The van der Waals surface area contributed by atoms with Crippen LogP contribution in [0, 0.1) is 0 Å². The molecule has 11 rings (SSSR count).